The third kappa shape index (κ3) is 8.77. The van der Waals surface area contributed by atoms with Crippen molar-refractivity contribution in [3.05, 3.63) is 47.1 Å². The Morgan fingerprint density at radius 1 is 0.918 bits per heavy atom. The summed E-state index contributed by atoms with van der Waals surface area (Å²) in [5.74, 6) is -8.26. The molecule has 0 aromatic heterocycles. The minimum Gasteiger partial charge on any atom is -0.469 e. The third-order valence-corrected chi connectivity index (χ3v) is 9.94. The van der Waals surface area contributed by atoms with Crippen LogP contribution < -0.4 is 0 Å². The molecule has 272 valence electrons. The topological polar surface area (TPSA) is 161 Å². The van der Waals surface area contributed by atoms with Crippen LogP contribution in [-0.2, 0) is 52.4 Å². The van der Waals surface area contributed by atoms with Gasteiger partial charge in [0.05, 0.1) is 59.6 Å². The molecule has 3 aliphatic rings. The van der Waals surface area contributed by atoms with E-state index in [9.17, 15) is 29.1 Å². The molecule has 12 nitrogen and oxygen atoms in total. The lowest BCUT2D eigenvalue weighted by Gasteiger charge is -2.42. The van der Waals surface area contributed by atoms with Crippen molar-refractivity contribution >= 4 is 29.7 Å². The lowest BCUT2D eigenvalue weighted by Crippen LogP contribution is -2.49. The molecule has 1 saturated heterocycles. The van der Waals surface area contributed by atoms with E-state index in [0.29, 0.717) is 19.3 Å². The molecule has 0 unspecified atom stereocenters. The Morgan fingerprint density at radius 3 is 2.16 bits per heavy atom. The predicted octanol–water partition coefficient (Wildman–Crippen LogP) is 4.49. The molecule has 49 heavy (non-hydrogen) atoms. The van der Waals surface area contributed by atoms with Crippen molar-refractivity contribution in [1.29, 1.82) is 0 Å². The Bertz CT molecular complexity index is 1330. The molecule has 0 radical (unpaired) electrons. The highest BCUT2D eigenvalue weighted by atomic mass is 16.7. The summed E-state index contributed by atoms with van der Waals surface area (Å²) in [6, 6.07) is 0. The van der Waals surface area contributed by atoms with Gasteiger partial charge >= 0.3 is 23.9 Å². The number of aliphatic hydroxyl groups excluding tert-OH is 1. The summed E-state index contributed by atoms with van der Waals surface area (Å²) in [6.45, 7) is 4.40. The molecule has 12 heteroatoms. The highest BCUT2D eigenvalue weighted by Gasteiger charge is 2.59. The van der Waals surface area contributed by atoms with Crippen LogP contribution >= 0.6 is 0 Å². The van der Waals surface area contributed by atoms with Gasteiger partial charge in [0.15, 0.2) is 11.6 Å². The summed E-state index contributed by atoms with van der Waals surface area (Å²) < 4.78 is 32.4. The number of esters is 4. The van der Waals surface area contributed by atoms with Crippen LogP contribution in [0.1, 0.15) is 78.1 Å². The van der Waals surface area contributed by atoms with Crippen LogP contribution in [-0.4, -0.2) is 88.3 Å². The van der Waals surface area contributed by atoms with Crippen molar-refractivity contribution in [2.75, 3.05) is 41.7 Å². The zero-order chi connectivity index (χ0) is 36.2. The van der Waals surface area contributed by atoms with Crippen LogP contribution in [0, 0.1) is 23.2 Å². The number of ether oxygens (including phenoxy) is 6. The minimum absolute atomic E-state index is 0.0452. The largest absolute Gasteiger partial charge is 0.469 e. The first-order valence-corrected chi connectivity index (χ1v) is 17.0. The van der Waals surface area contributed by atoms with Crippen molar-refractivity contribution in [3.8, 4) is 0 Å². The fraction of sp³-hybridized carbons (Fsp3) is 0.649. The second-order valence-electron chi connectivity index (χ2n) is 12.7. The van der Waals surface area contributed by atoms with E-state index < -0.39 is 77.6 Å². The van der Waals surface area contributed by atoms with E-state index in [1.54, 1.807) is 6.08 Å². The molecule has 1 heterocycles. The Balaban J connectivity index is 2.31. The highest BCUT2D eigenvalue weighted by Crippen LogP contribution is 2.54. The van der Waals surface area contributed by atoms with Crippen LogP contribution in [0.15, 0.2) is 47.1 Å². The van der Waals surface area contributed by atoms with Crippen LogP contribution in [0.5, 0.6) is 0 Å². The number of Topliss-reactive ketones (excluding diaryl/α,β-unsaturated/α-hetero) is 1. The number of methoxy groups -OCH3 is 4. The number of rotatable bonds is 17. The standard InChI is InChI=1S/C37H52O12/c1-7-9-11-12-13-14-16-24-20-27-32(40)30(25(24)21-28(38)37(17-15-10-8-2)48-18-19-49-37)31(34(42)46-5)26(33(41)45-4)22-36(27,35(43)47-6)23-29(39)44-3/h7-10,20,24-25,28,30,38H,11-19,21-23H2,1-6H3/b9-7+,10-8+/t24-,25+,28+,30+,36-/m0/s1. The molecular formula is C37H52O12. The summed E-state index contributed by atoms with van der Waals surface area (Å²) >= 11 is 0. The number of fused-ring (bicyclic) bond motifs is 2. The van der Waals surface area contributed by atoms with Gasteiger partial charge in [0.25, 0.3) is 0 Å². The summed E-state index contributed by atoms with van der Waals surface area (Å²) in [5.41, 5.74) is -2.61. The molecule has 1 fully saturated rings. The fourth-order valence-corrected chi connectivity index (χ4v) is 7.50. The molecule has 3 rings (SSSR count). The van der Waals surface area contributed by atoms with Gasteiger partial charge in [0.1, 0.15) is 11.5 Å². The SMILES string of the molecule is C/C=C/CCCCC[C@H]1C=C2C(=O)[C@@H](C(C(=O)OC)=C(C(=O)OC)C[C@@]2(CC(=O)OC)C(=O)OC)[C@@H]1C[C@@H](O)C1(CC/C=C/C)OCCO1. The fourth-order valence-electron chi connectivity index (χ4n) is 7.50. The molecule has 2 aliphatic carbocycles. The third-order valence-electron chi connectivity index (χ3n) is 9.94. The number of ketones is 1. The first-order chi connectivity index (χ1) is 23.5. The van der Waals surface area contributed by atoms with Gasteiger partial charge in [-0.2, -0.15) is 0 Å². The van der Waals surface area contributed by atoms with E-state index in [-0.39, 0.29) is 36.4 Å². The lowest BCUT2D eigenvalue weighted by molar-refractivity contribution is -0.228. The lowest BCUT2D eigenvalue weighted by atomic mass is 9.62. The molecule has 0 amide bonds. The Labute approximate surface area is 288 Å². The molecule has 1 N–H and O–H groups in total. The average Bonchev–Trinajstić information content (AvgIpc) is 3.57. The highest BCUT2D eigenvalue weighted by molar-refractivity contribution is 6.14. The van der Waals surface area contributed by atoms with Crippen LogP contribution in [0.3, 0.4) is 0 Å². The number of hydrogen-bond acceptors (Lipinski definition) is 12. The van der Waals surface area contributed by atoms with Crippen molar-refractivity contribution in [2.24, 2.45) is 23.2 Å². The summed E-state index contributed by atoms with van der Waals surface area (Å²) in [6.07, 6.45) is 12.0. The van der Waals surface area contributed by atoms with Gasteiger partial charge in [-0.3, -0.25) is 14.4 Å². The molecule has 0 spiro atoms. The summed E-state index contributed by atoms with van der Waals surface area (Å²) in [5, 5.41) is 11.9. The maximum absolute atomic E-state index is 14.8. The molecule has 0 saturated carbocycles. The average molecular weight is 689 g/mol. The number of carbonyl (C=O) groups excluding carboxylic acids is 5. The van der Waals surface area contributed by atoms with E-state index in [1.165, 1.54) is 0 Å². The summed E-state index contributed by atoms with van der Waals surface area (Å²) in [7, 11) is 4.51. The van der Waals surface area contributed by atoms with Crippen molar-refractivity contribution in [2.45, 2.75) is 89.9 Å². The van der Waals surface area contributed by atoms with Gasteiger partial charge in [-0.25, -0.2) is 9.59 Å². The molecular weight excluding hydrogens is 636 g/mol. The summed E-state index contributed by atoms with van der Waals surface area (Å²) in [4.78, 5) is 68.8. The predicted molar refractivity (Wildman–Crippen MR) is 178 cm³/mol. The Morgan fingerprint density at radius 2 is 1.57 bits per heavy atom. The van der Waals surface area contributed by atoms with E-state index in [4.69, 9.17) is 28.4 Å². The number of unbranched alkanes of at least 4 members (excludes halogenated alkanes) is 3. The second kappa shape index (κ2) is 18.4. The van der Waals surface area contributed by atoms with Crippen LogP contribution in [0.2, 0.25) is 0 Å². The maximum atomic E-state index is 14.8. The van der Waals surface area contributed by atoms with Gasteiger partial charge < -0.3 is 33.5 Å². The Kier molecular flexibility index (Phi) is 15.0. The second-order valence-corrected chi connectivity index (χ2v) is 12.7. The minimum atomic E-state index is -2.00. The zero-order valence-electron chi connectivity index (χ0n) is 29.6. The van der Waals surface area contributed by atoms with Crippen LogP contribution in [0.4, 0.5) is 0 Å². The number of hydrogen-bond donors (Lipinski definition) is 1. The molecule has 1 aliphatic heterocycles. The number of allylic oxidation sites excluding steroid dienone is 5. The Hall–Kier alpha value is -3.61. The van der Waals surface area contributed by atoms with E-state index in [1.807, 2.05) is 32.1 Å². The molecule has 0 aromatic carbocycles. The quantitative estimate of drug-likeness (QED) is 0.0989. The van der Waals surface area contributed by atoms with Crippen molar-refractivity contribution in [1.82, 2.24) is 0 Å². The van der Waals surface area contributed by atoms with Gasteiger partial charge in [-0.05, 0) is 57.8 Å². The van der Waals surface area contributed by atoms with Crippen molar-refractivity contribution in [3.63, 3.8) is 0 Å². The normalized spacial score (nSPS) is 25.6. The molecule has 2 bridgehead atoms. The zero-order valence-corrected chi connectivity index (χ0v) is 29.6. The van der Waals surface area contributed by atoms with Gasteiger partial charge in [-0.1, -0.05) is 43.2 Å². The van der Waals surface area contributed by atoms with Gasteiger partial charge in [0, 0.05) is 24.0 Å². The first kappa shape index (κ1) is 39.8. The molecule has 5 atom stereocenters. The smallest absolute Gasteiger partial charge is 0.335 e. The monoisotopic (exact) mass is 688 g/mol. The van der Waals surface area contributed by atoms with Crippen LogP contribution in [0.25, 0.3) is 0 Å². The number of aliphatic hydroxyl groups is 1. The first-order valence-electron chi connectivity index (χ1n) is 17.0. The number of carbonyl (C=O) groups is 5. The van der Waals surface area contributed by atoms with E-state index in [0.717, 1.165) is 54.1 Å². The van der Waals surface area contributed by atoms with Crippen molar-refractivity contribution < 1.29 is 57.5 Å². The van der Waals surface area contributed by atoms with Gasteiger partial charge in [-0.15, -0.1) is 0 Å². The van der Waals surface area contributed by atoms with Gasteiger partial charge in [0.2, 0.25) is 0 Å². The van der Waals surface area contributed by atoms with E-state index >= 15 is 0 Å². The maximum Gasteiger partial charge on any atom is 0.335 e. The molecule has 0 aromatic rings. The van der Waals surface area contributed by atoms with E-state index in [2.05, 4.69) is 6.08 Å².